The number of nitrogens with zero attached hydrogens (tertiary/aromatic N) is 1. The van der Waals surface area contributed by atoms with Gasteiger partial charge < -0.3 is 16.0 Å². The average molecular weight is 216 g/mol. The molecule has 2 aromatic rings. The van der Waals surface area contributed by atoms with E-state index in [0.717, 1.165) is 29.2 Å². The number of anilines is 2. The van der Waals surface area contributed by atoms with Crippen LogP contribution >= 0.6 is 0 Å². The SMILES string of the molecule is CC1(CNc2nc3ccc(N)cc3[nH]2)CC1. The Kier molecular flexibility index (Phi) is 1.87. The summed E-state index contributed by atoms with van der Waals surface area (Å²) in [4.78, 5) is 7.70. The molecule has 0 bridgehead atoms. The first-order valence-corrected chi connectivity index (χ1v) is 5.64. The fourth-order valence-electron chi connectivity index (χ4n) is 1.80. The Labute approximate surface area is 94.3 Å². The van der Waals surface area contributed by atoms with Crippen LogP contribution in [0, 0.1) is 5.41 Å². The molecule has 0 radical (unpaired) electrons. The summed E-state index contributed by atoms with van der Waals surface area (Å²) in [6, 6.07) is 5.71. The van der Waals surface area contributed by atoms with Gasteiger partial charge in [0.25, 0.3) is 0 Å². The minimum atomic E-state index is 0.484. The number of aromatic amines is 1. The molecule has 3 rings (SSSR count). The zero-order valence-electron chi connectivity index (χ0n) is 9.38. The van der Waals surface area contributed by atoms with E-state index in [1.165, 1.54) is 12.8 Å². The number of rotatable bonds is 3. The molecule has 1 aliphatic carbocycles. The lowest BCUT2D eigenvalue weighted by Gasteiger charge is -2.07. The predicted molar refractivity (Wildman–Crippen MR) is 66.3 cm³/mol. The fourth-order valence-corrected chi connectivity index (χ4v) is 1.80. The summed E-state index contributed by atoms with van der Waals surface area (Å²) in [5.41, 5.74) is 8.91. The van der Waals surface area contributed by atoms with Gasteiger partial charge in [0.1, 0.15) is 0 Å². The molecule has 0 saturated heterocycles. The molecule has 4 nitrogen and oxygen atoms in total. The summed E-state index contributed by atoms with van der Waals surface area (Å²) in [5.74, 6) is 0.841. The maximum atomic E-state index is 5.72. The lowest BCUT2D eigenvalue weighted by atomic mass is 10.1. The first kappa shape index (κ1) is 9.51. The second kappa shape index (κ2) is 3.14. The first-order valence-electron chi connectivity index (χ1n) is 5.64. The molecule has 16 heavy (non-hydrogen) atoms. The molecule has 0 spiro atoms. The maximum absolute atomic E-state index is 5.72. The number of benzene rings is 1. The summed E-state index contributed by atoms with van der Waals surface area (Å²) >= 11 is 0. The van der Waals surface area contributed by atoms with E-state index in [4.69, 9.17) is 5.73 Å². The number of nitrogens with two attached hydrogens (primary N) is 1. The summed E-state index contributed by atoms with van der Waals surface area (Å²) in [6.45, 7) is 3.28. The average Bonchev–Trinajstić information content (AvgIpc) is 2.85. The highest BCUT2D eigenvalue weighted by molar-refractivity contribution is 5.80. The third-order valence-corrected chi connectivity index (χ3v) is 3.29. The number of hydrogen-bond donors (Lipinski definition) is 3. The molecule has 0 amide bonds. The molecule has 1 aromatic carbocycles. The third kappa shape index (κ3) is 1.71. The molecule has 0 unspecified atom stereocenters. The van der Waals surface area contributed by atoms with Crippen LogP contribution in [0.15, 0.2) is 18.2 Å². The second-order valence-corrected chi connectivity index (χ2v) is 5.03. The van der Waals surface area contributed by atoms with Crippen molar-refractivity contribution in [1.82, 2.24) is 9.97 Å². The smallest absolute Gasteiger partial charge is 0.201 e. The van der Waals surface area contributed by atoms with Crippen LogP contribution in [-0.4, -0.2) is 16.5 Å². The van der Waals surface area contributed by atoms with Crippen molar-refractivity contribution < 1.29 is 0 Å². The molecule has 4 N–H and O–H groups in total. The van der Waals surface area contributed by atoms with E-state index in [0.29, 0.717) is 5.41 Å². The van der Waals surface area contributed by atoms with Crippen molar-refractivity contribution in [2.75, 3.05) is 17.6 Å². The molecule has 0 atom stereocenters. The van der Waals surface area contributed by atoms with Gasteiger partial charge in [0, 0.05) is 12.2 Å². The standard InChI is InChI=1S/C12H16N4/c1-12(4-5-12)7-14-11-15-9-3-2-8(13)6-10(9)16-11/h2-3,6H,4-5,7,13H2,1H3,(H2,14,15,16). The Balaban J connectivity index is 1.82. The van der Waals surface area contributed by atoms with E-state index >= 15 is 0 Å². The Morgan fingerprint density at radius 2 is 2.31 bits per heavy atom. The highest BCUT2D eigenvalue weighted by Gasteiger charge is 2.36. The van der Waals surface area contributed by atoms with Crippen molar-refractivity contribution in [3.05, 3.63) is 18.2 Å². The quantitative estimate of drug-likeness (QED) is 0.690. The number of nitrogen functional groups attached to an aromatic ring is 1. The zero-order valence-corrected chi connectivity index (χ0v) is 9.38. The second-order valence-electron chi connectivity index (χ2n) is 5.03. The monoisotopic (exact) mass is 216 g/mol. The number of fused-ring (bicyclic) bond motifs is 1. The number of H-pyrrole nitrogens is 1. The zero-order chi connectivity index (χ0) is 11.2. The van der Waals surface area contributed by atoms with Crippen molar-refractivity contribution in [2.45, 2.75) is 19.8 Å². The van der Waals surface area contributed by atoms with Crippen LogP contribution in [-0.2, 0) is 0 Å². The van der Waals surface area contributed by atoms with Crippen molar-refractivity contribution in [1.29, 1.82) is 0 Å². The Morgan fingerprint density at radius 3 is 3.06 bits per heavy atom. The minimum absolute atomic E-state index is 0.484. The van der Waals surface area contributed by atoms with Crippen LogP contribution in [0.2, 0.25) is 0 Å². The number of nitrogens with one attached hydrogen (secondary N) is 2. The fraction of sp³-hybridized carbons (Fsp3) is 0.417. The highest BCUT2D eigenvalue weighted by atomic mass is 15.1. The normalized spacial score (nSPS) is 17.6. The predicted octanol–water partition coefficient (Wildman–Crippen LogP) is 2.36. The number of imidazole rings is 1. The first-order chi connectivity index (χ1) is 7.65. The third-order valence-electron chi connectivity index (χ3n) is 3.29. The van der Waals surface area contributed by atoms with Gasteiger partial charge in [0.15, 0.2) is 0 Å². The van der Waals surface area contributed by atoms with Gasteiger partial charge in [-0.25, -0.2) is 4.98 Å². The molecule has 1 aromatic heterocycles. The van der Waals surface area contributed by atoms with Crippen molar-refractivity contribution in [2.24, 2.45) is 5.41 Å². The van der Waals surface area contributed by atoms with Crippen LogP contribution in [0.1, 0.15) is 19.8 Å². The summed E-state index contributed by atoms with van der Waals surface area (Å²) in [7, 11) is 0. The molecule has 1 heterocycles. The van der Waals surface area contributed by atoms with Crippen molar-refractivity contribution in [3.63, 3.8) is 0 Å². The van der Waals surface area contributed by atoms with Gasteiger partial charge in [-0.2, -0.15) is 0 Å². The number of hydrogen-bond acceptors (Lipinski definition) is 3. The highest BCUT2D eigenvalue weighted by Crippen LogP contribution is 2.44. The molecular weight excluding hydrogens is 200 g/mol. The maximum Gasteiger partial charge on any atom is 0.201 e. The summed E-state index contributed by atoms with van der Waals surface area (Å²) in [5, 5.41) is 3.35. The lowest BCUT2D eigenvalue weighted by Crippen LogP contribution is -2.12. The van der Waals surface area contributed by atoms with E-state index in [1.54, 1.807) is 0 Å². The van der Waals surface area contributed by atoms with Crippen molar-refractivity contribution >= 4 is 22.7 Å². The van der Waals surface area contributed by atoms with E-state index in [2.05, 4.69) is 22.2 Å². The Morgan fingerprint density at radius 1 is 1.50 bits per heavy atom. The van der Waals surface area contributed by atoms with Gasteiger partial charge in [-0.05, 0) is 36.5 Å². The van der Waals surface area contributed by atoms with E-state index in [9.17, 15) is 0 Å². The van der Waals surface area contributed by atoms with Gasteiger partial charge in [-0.15, -0.1) is 0 Å². The largest absolute Gasteiger partial charge is 0.399 e. The lowest BCUT2D eigenvalue weighted by molar-refractivity contribution is 0.608. The molecule has 0 aliphatic heterocycles. The van der Waals surface area contributed by atoms with Crippen LogP contribution in [0.25, 0.3) is 11.0 Å². The minimum Gasteiger partial charge on any atom is -0.399 e. The van der Waals surface area contributed by atoms with Crippen LogP contribution < -0.4 is 11.1 Å². The molecule has 1 saturated carbocycles. The van der Waals surface area contributed by atoms with Gasteiger partial charge >= 0.3 is 0 Å². The number of aromatic nitrogens is 2. The van der Waals surface area contributed by atoms with Crippen molar-refractivity contribution in [3.8, 4) is 0 Å². The van der Waals surface area contributed by atoms with Gasteiger partial charge in [-0.3, -0.25) is 0 Å². The van der Waals surface area contributed by atoms with Crippen LogP contribution in [0.3, 0.4) is 0 Å². The van der Waals surface area contributed by atoms with E-state index in [-0.39, 0.29) is 0 Å². The summed E-state index contributed by atoms with van der Waals surface area (Å²) < 4.78 is 0. The van der Waals surface area contributed by atoms with Gasteiger partial charge in [-0.1, -0.05) is 6.92 Å². The summed E-state index contributed by atoms with van der Waals surface area (Å²) in [6.07, 6.45) is 2.63. The topological polar surface area (TPSA) is 66.7 Å². The Hall–Kier alpha value is -1.71. The van der Waals surface area contributed by atoms with Gasteiger partial charge in [0.05, 0.1) is 11.0 Å². The molecular formula is C12H16N4. The van der Waals surface area contributed by atoms with Gasteiger partial charge in [0.2, 0.25) is 5.95 Å². The van der Waals surface area contributed by atoms with E-state index in [1.807, 2.05) is 18.2 Å². The van der Waals surface area contributed by atoms with Crippen LogP contribution in [0.5, 0.6) is 0 Å². The van der Waals surface area contributed by atoms with E-state index < -0.39 is 0 Å². The molecule has 84 valence electrons. The molecule has 1 fully saturated rings. The molecule has 4 heteroatoms. The Bertz CT molecular complexity index is 525. The molecule has 1 aliphatic rings. The van der Waals surface area contributed by atoms with Crippen LogP contribution in [0.4, 0.5) is 11.6 Å².